The molecule has 1 aliphatic heterocycles. The zero-order valence-corrected chi connectivity index (χ0v) is 17.1. The maximum Gasteiger partial charge on any atom is 0.242 e. The Morgan fingerprint density at radius 2 is 1.10 bits per heavy atom. The zero-order chi connectivity index (χ0) is 20.6. The van der Waals surface area contributed by atoms with Gasteiger partial charge in [0.2, 0.25) is 6.71 Å². The Labute approximate surface area is 183 Å². The fraction of sp³-hybridized carbons (Fsp3) is 0. The molecule has 1 nitrogen and oxygen atoms in total. The van der Waals surface area contributed by atoms with Crippen LogP contribution in [0.5, 0.6) is 0 Å². The maximum atomic E-state index is 4.64. The molecule has 4 aromatic carbocycles. The van der Waals surface area contributed by atoms with Gasteiger partial charge in [-0.2, -0.15) is 0 Å². The van der Waals surface area contributed by atoms with Crippen molar-refractivity contribution in [3.63, 3.8) is 0 Å². The molecule has 0 atom stereocenters. The Morgan fingerprint density at radius 1 is 0.484 bits per heavy atom. The van der Waals surface area contributed by atoms with E-state index in [9.17, 15) is 0 Å². The molecular formula is C29H20BN. The van der Waals surface area contributed by atoms with Crippen molar-refractivity contribution in [3.8, 4) is 33.5 Å². The molecule has 0 N–H and O–H groups in total. The molecule has 0 spiro atoms. The smallest absolute Gasteiger partial charge is 0.242 e. The van der Waals surface area contributed by atoms with E-state index in [1.54, 1.807) is 0 Å². The minimum Gasteiger partial charge on any atom is -0.256 e. The van der Waals surface area contributed by atoms with E-state index in [1.807, 2.05) is 12.3 Å². The first-order valence-corrected chi connectivity index (χ1v) is 10.7. The van der Waals surface area contributed by atoms with Gasteiger partial charge in [0.05, 0.1) is 5.69 Å². The van der Waals surface area contributed by atoms with Crippen molar-refractivity contribution in [2.45, 2.75) is 0 Å². The fourth-order valence-electron chi connectivity index (χ4n) is 4.81. The van der Waals surface area contributed by atoms with E-state index in [-0.39, 0.29) is 6.71 Å². The Morgan fingerprint density at radius 3 is 1.77 bits per heavy atom. The fourth-order valence-corrected chi connectivity index (χ4v) is 4.81. The van der Waals surface area contributed by atoms with Gasteiger partial charge in [0.25, 0.3) is 0 Å². The molecule has 1 aliphatic rings. The van der Waals surface area contributed by atoms with Gasteiger partial charge in [0.15, 0.2) is 0 Å². The van der Waals surface area contributed by atoms with Crippen LogP contribution in [0.2, 0.25) is 0 Å². The number of rotatable bonds is 3. The van der Waals surface area contributed by atoms with Gasteiger partial charge in [0, 0.05) is 11.8 Å². The second-order valence-electron chi connectivity index (χ2n) is 8.03. The molecule has 1 aromatic heterocycles. The van der Waals surface area contributed by atoms with Crippen LogP contribution < -0.4 is 16.4 Å². The molecule has 0 unspecified atom stereocenters. The summed E-state index contributed by atoms with van der Waals surface area (Å²) in [5.74, 6) is 0. The summed E-state index contributed by atoms with van der Waals surface area (Å²) in [6, 6.07) is 41.3. The van der Waals surface area contributed by atoms with Gasteiger partial charge in [0.1, 0.15) is 0 Å². The number of aromatic nitrogens is 1. The van der Waals surface area contributed by atoms with Crippen molar-refractivity contribution >= 4 is 23.1 Å². The molecule has 2 heterocycles. The van der Waals surface area contributed by atoms with Crippen molar-refractivity contribution < 1.29 is 0 Å². The Bertz CT molecular complexity index is 1270. The summed E-state index contributed by atoms with van der Waals surface area (Å²) >= 11 is 0. The summed E-state index contributed by atoms with van der Waals surface area (Å²) in [5, 5.41) is 0. The summed E-state index contributed by atoms with van der Waals surface area (Å²) in [6.07, 6.45) is 1.87. The summed E-state index contributed by atoms with van der Waals surface area (Å²) in [7, 11) is 0. The largest absolute Gasteiger partial charge is 0.256 e. The average Bonchev–Trinajstić information content (AvgIpc) is 3.19. The third-order valence-electron chi connectivity index (χ3n) is 6.19. The summed E-state index contributed by atoms with van der Waals surface area (Å²) in [6.45, 7) is 0.221. The second kappa shape index (κ2) is 7.41. The minimum absolute atomic E-state index is 0.221. The van der Waals surface area contributed by atoms with E-state index < -0.39 is 0 Å². The molecule has 0 aliphatic carbocycles. The molecule has 0 radical (unpaired) electrons. The standard InChI is InChI=1S/C29H20BN/c1-2-10-21(11-3-1)22-18-23(29-16-8-9-17-31-29)20-24(19-22)30-27-14-6-4-12-25(27)26-13-5-7-15-28(26)30/h1-20H. The summed E-state index contributed by atoms with van der Waals surface area (Å²) in [5.41, 5.74) is 11.3. The van der Waals surface area contributed by atoms with Gasteiger partial charge < -0.3 is 0 Å². The molecule has 0 bridgehead atoms. The molecule has 0 saturated carbocycles. The lowest BCUT2D eigenvalue weighted by atomic mass is 9.38. The number of fused-ring (bicyclic) bond motifs is 3. The van der Waals surface area contributed by atoms with E-state index in [2.05, 4.69) is 114 Å². The number of nitrogens with zero attached hydrogens (tertiary/aromatic N) is 1. The lowest BCUT2D eigenvalue weighted by molar-refractivity contribution is 1.33. The first-order chi connectivity index (χ1) is 15.4. The van der Waals surface area contributed by atoms with Crippen LogP contribution in [0.15, 0.2) is 121 Å². The van der Waals surface area contributed by atoms with Crippen LogP contribution in [0.1, 0.15) is 0 Å². The van der Waals surface area contributed by atoms with Crippen molar-refractivity contribution in [2.75, 3.05) is 0 Å². The molecule has 6 rings (SSSR count). The molecule has 2 heteroatoms. The highest BCUT2D eigenvalue weighted by molar-refractivity contribution is 6.99. The van der Waals surface area contributed by atoms with Crippen molar-refractivity contribution in [1.29, 1.82) is 0 Å². The highest BCUT2D eigenvalue weighted by Gasteiger charge is 2.33. The highest BCUT2D eigenvalue weighted by atomic mass is 14.7. The molecule has 144 valence electrons. The maximum absolute atomic E-state index is 4.64. The minimum atomic E-state index is 0.221. The summed E-state index contributed by atoms with van der Waals surface area (Å²) < 4.78 is 0. The SMILES string of the molecule is c1ccc(-c2cc(B3c4ccccc4-c4ccccc43)cc(-c3ccccn3)c2)cc1. The predicted octanol–water partition coefficient (Wildman–Crippen LogP) is 4.91. The van der Waals surface area contributed by atoms with Crippen molar-refractivity contribution in [1.82, 2.24) is 4.98 Å². The quantitative estimate of drug-likeness (QED) is 0.389. The molecule has 0 fully saturated rings. The lowest BCUT2D eigenvalue weighted by Crippen LogP contribution is -2.48. The van der Waals surface area contributed by atoms with Crippen molar-refractivity contribution in [3.05, 3.63) is 121 Å². The number of hydrogen-bond acceptors (Lipinski definition) is 1. The van der Waals surface area contributed by atoms with Crippen LogP contribution in [0.4, 0.5) is 0 Å². The van der Waals surface area contributed by atoms with E-state index in [0.717, 1.165) is 11.3 Å². The predicted molar refractivity (Wildman–Crippen MR) is 132 cm³/mol. The normalized spacial score (nSPS) is 11.8. The molecule has 0 amide bonds. The van der Waals surface area contributed by atoms with Gasteiger partial charge in [-0.25, -0.2) is 0 Å². The third-order valence-corrected chi connectivity index (χ3v) is 6.19. The van der Waals surface area contributed by atoms with Crippen LogP contribution in [0, 0.1) is 0 Å². The molecule has 5 aromatic rings. The van der Waals surface area contributed by atoms with E-state index in [0.29, 0.717) is 0 Å². The highest BCUT2D eigenvalue weighted by Crippen LogP contribution is 2.27. The van der Waals surface area contributed by atoms with Crippen LogP contribution in [-0.2, 0) is 0 Å². The van der Waals surface area contributed by atoms with E-state index in [4.69, 9.17) is 0 Å². The second-order valence-corrected chi connectivity index (χ2v) is 8.03. The monoisotopic (exact) mass is 393 g/mol. The molecule has 31 heavy (non-hydrogen) atoms. The van der Waals surface area contributed by atoms with Gasteiger partial charge in [-0.15, -0.1) is 0 Å². The first kappa shape index (κ1) is 17.9. The summed E-state index contributed by atoms with van der Waals surface area (Å²) in [4.78, 5) is 4.64. The van der Waals surface area contributed by atoms with Crippen LogP contribution in [0.25, 0.3) is 33.5 Å². The van der Waals surface area contributed by atoms with Crippen LogP contribution in [-0.4, -0.2) is 11.7 Å². The van der Waals surface area contributed by atoms with Gasteiger partial charge >= 0.3 is 0 Å². The third kappa shape index (κ3) is 3.08. The topological polar surface area (TPSA) is 12.9 Å². The van der Waals surface area contributed by atoms with E-state index >= 15 is 0 Å². The van der Waals surface area contributed by atoms with Gasteiger partial charge in [-0.1, -0.05) is 113 Å². The molecular weight excluding hydrogens is 373 g/mol. The van der Waals surface area contributed by atoms with Crippen molar-refractivity contribution in [2.24, 2.45) is 0 Å². The van der Waals surface area contributed by atoms with Gasteiger partial charge in [-0.05, 0) is 40.5 Å². The number of benzene rings is 4. The first-order valence-electron chi connectivity index (χ1n) is 10.7. The number of hydrogen-bond donors (Lipinski definition) is 0. The Kier molecular flexibility index (Phi) is 4.28. The zero-order valence-electron chi connectivity index (χ0n) is 17.1. The van der Waals surface area contributed by atoms with Gasteiger partial charge in [-0.3, -0.25) is 4.98 Å². The number of pyridine rings is 1. The Balaban J connectivity index is 1.61. The Hall–Kier alpha value is -3.91. The van der Waals surface area contributed by atoms with Crippen LogP contribution in [0.3, 0.4) is 0 Å². The van der Waals surface area contributed by atoms with E-state index in [1.165, 1.54) is 38.6 Å². The average molecular weight is 393 g/mol. The lowest BCUT2D eigenvalue weighted by Gasteiger charge is -2.15. The molecule has 0 saturated heterocycles. The van der Waals surface area contributed by atoms with Crippen LogP contribution >= 0.6 is 0 Å².